The molecule has 0 heterocycles. The molecule has 0 amide bonds. The molecule has 5 atom stereocenters. The Hall–Kier alpha value is -0.340. The summed E-state index contributed by atoms with van der Waals surface area (Å²) in [5.74, 6) is 5.15. The summed E-state index contributed by atoms with van der Waals surface area (Å²) in [6.45, 7) is 0.813. The fourth-order valence-corrected chi connectivity index (χ4v) is 6.10. The molecule has 3 saturated carbocycles. The fraction of sp³-hybridized carbons (Fsp3) is 0.667. The predicted octanol–water partition coefficient (Wildman–Crippen LogP) is 4.60. The molecule has 108 valence electrons. The summed E-state index contributed by atoms with van der Waals surface area (Å²) < 4.78 is 5.14. The van der Waals surface area contributed by atoms with E-state index in [9.17, 15) is 0 Å². The zero-order valence-electron chi connectivity index (χ0n) is 12.1. The van der Waals surface area contributed by atoms with Gasteiger partial charge in [0.05, 0.1) is 6.61 Å². The molecule has 2 heteroatoms. The Kier molecular flexibility index (Phi) is 3.42. The van der Waals surface area contributed by atoms with E-state index in [2.05, 4.69) is 40.2 Å². The molecule has 1 nitrogen and oxygen atoms in total. The smallest absolute Gasteiger partial charge is 0.0502 e. The van der Waals surface area contributed by atoms with E-state index in [1.807, 2.05) is 0 Å². The lowest BCUT2D eigenvalue weighted by Crippen LogP contribution is -2.04. The van der Waals surface area contributed by atoms with E-state index in [-0.39, 0.29) is 0 Å². The van der Waals surface area contributed by atoms with Gasteiger partial charge in [-0.3, -0.25) is 0 Å². The Bertz CT molecular complexity index is 467. The minimum atomic E-state index is 0.581. The second kappa shape index (κ2) is 5.14. The van der Waals surface area contributed by atoms with Crippen molar-refractivity contribution in [3.63, 3.8) is 0 Å². The largest absolute Gasteiger partial charge is 0.384 e. The first-order valence-corrected chi connectivity index (χ1v) is 8.93. The number of fused-ring (bicyclic) bond motifs is 5. The number of benzene rings is 1. The first-order valence-electron chi connectivity index (χ1n) is 8.01. The normalized spacial score (nSPS) is 38.8. The average Bonchev–Trinajstić information content (AvgIpc) is 2.92. The lowest BCUT2D eigenvalue weighted by molar-refractivity contribution is 0.202. The van der Waals surface area contributed by atoms with Crippen molar-refractivity contribution in [3.8, 4) is 0 Å². The van der Waals surface area contributed by atoms with Gasteiger partial charge in [0, 0.05) is 11.9 Å². The van der Waals surface area contributed by atoms with Crippen molar-refractivity contribution in [2.75, 3.05) is 13.7 Å². The van der Waals surface area contributed by atoms with E-state index in [0.717, 1.165) is 42.6 Å². The van der Waals surface area contributed by atoms with E-state index in [0.29, 0.717) is 4.83 Å². The Labute approximate surface area is 130 Å². The molecule has 0 radical (unpaired) electrons. The summed E-state index contributed by atoms with van der Waals surface area (Å²) in [6, 6.07) is 9.19. The molecule has 1 aromatic carbocycles. The van der Waals surface area contributed by atoms with E-state index in [1.165, 1.54) is 24.0 Å². The van der Waals surface area contributed by atoms with Crippen LogP contribution in [-0.2, 0) is 11.2 Å². The average molecular weight is 335 g/mol. The van der Waals surface area contributed by atoms with E-state index in [1.54, 1.807) is 13.5 Å². The minimum Gasteiger partial charge on any atom is -0.384 e. The van der Waals surface area contributed by atoms with Crippen molar-refractivity contribution in [2.24, 2.45) is 29.6 Å². The van der Waals surface area contributed by atoms with E-state index >= 15 is 0 Å². The van der Waals surface area contributed by atoms with Crippen molar-refractivity contribution in [1.29, 1.82) is 0 Å². The van der Waals surface area contributed by atoms with Gasteiger partial charge >= 0.3 is 0 Å². The second-order valence-electron chi connectivity index (χ2n) is 6.95. The van der Waals surface area contributed by atoms with Crippen LogP contribution >= 0.6 is 15.9 Å². The number of hydrogen-bond donors (Lipinski definition) is 0. The van der Waals surface area contributed by atoms with Crippen LogP contribution in [0.3, 0.4) is 0 Å². The lowest BCUT2D eigenvalue weighted by atomic mass is 9.96. The Morgan fingerprint density at radius 2 is 1.80 bits per heavy atom. The van der Waals surface area contributed by atoms with Crippen LogP contribution in [0.5, 0.6) is 0 Å². The van der Waals surface area contributed by atoms with Crippen LogP contribution in [0.25, 0.3) is 0 Å². The number of ether oxygens (including phenoxy) is 1. The number of alkyl halides is 1. The van der Waals surface area contributed by atoms with Crippen LogP contribution in [-0.4, -0.2) is 13.7 Å². The maximum Gasteiger partial charge on any atom is 0.0502 e. The lowest BCUT2D eigenvalue weighted by Gasteiger charge is -2.15. The van der Waals surface area contributed by atoms with Crippen molar-refractivity contribution in [3.05, 3.63) is 35.4 Å². The standard InChI is InChI=1S/C18H23BrO/c1-20-9-8-11-2-4-12(5-3-11)18(19)17-15-13-6-7-14(10-13)16(15)17/h2-5,13-18H,6-10H2,1H3. The first kappa shape index (κ1) is 13.3. The molecule has 3 aliphatic rings. The molecule has 3 aliphatic carbocycles. The summed E-state index contributed by atoms with van der Waals surface area (Å²) in [6.07, 6.45) is 5.58. The number of hydrogen-bond acceptors (Lipinski definition) is 1. The maximum atomic E-state index is 5.14. The predicted molar refractivity (Wildman–Crippen MR) is 85.0 cm³/mol. The molecule has 1 aromatic rings. The van der Waals surface area contributed by atoms with Crippen LogP contribution in [0.2, 0.25) is 0 Å². The van der Waals surface area contributed by atoms with Crippen LogP contribution < -0.4 is 0 Å². The van der Waals surface area contributed by atoms with Crippen LogP contribution in [0.1, 0.15) is 35.2 Å². The summed E-state index contributed by atoms with van der Waals surface area (Å²) in [7, 11) is 1.77. The molecule has 0 aromatic heterocycles. The second-order valence-corrected chi connectivity index (χ2v) is 7.94. The highest BCUT2D eigenvalue weighted by Gasteiger charge is 2.66. The van der Waals surface area contributed by atoms with Gasteiger partial charge in [-0.15, -0.1) is 0 Å². The quantitative estimate of drug-likeness (QED) is 0.715. The van der Waals surface area contributed by atoms with Crippen molar-refractivity contribution in [1.82, 2.24) is 0 Å². The molecule has 0 saturated heterocycles. The van der Waals surface area contributed by atoms with Crippen LogP contribution in [0, 0.1) is 29.6 Å². The van der Waals surface area contributed by atoms with Gasteiger partial charge in [0.1, 0.15) is 0 Å². The Balaban J connectivity index is 1.43. The zero-order chi connectivity index (χ0) is 13.7. The molecule has 5 unspecified atom stereocenters. The van der Waals surface area contributed by atoms with E-state index < -0.39 is 0 Å². The fourth-order valence-electron chi connectivity index (χ4n) is 5.09. The topological polar surface area (TPSA) is 9.23 Å². The van der Waals surface area contributed by atoms with Crippen molar-refractivity contribution < 1.29 is 4.74 Å². The van der Waals surface area contributed by atoms with Gasteiger partial charge < -0.3 is 4.74 Å². The summed E-state index contributed by atoms with van der Waals surface area (Å²) in [4.78, 5) is 0.581. The SMILES string of the molecule is COCCc1ccc(C(Br)C2C3C4CCC(C4)C32)cc1. The van der Waals surface area contributed by atoms with Gasteiger partial charge in [-0.1, -0.05) is 40.2 Å². The van der Waals surface area contributed by atoms with Gasteiger partial charge in [-0.25, -0.2) is 0 Å². The maximum absolute atomic E-state index is 5.14. The van der Waals surface area contributed by atoms with Gasteiger partial charge in [0.2, 0.25) is 0 Å². The third kappa shape index (κ3) is 2.07. The highest BCUT2D eigenvalue weighted by molar-refractivity contribution is 9.09. The van der Waals surface area contributed by atoms with Gasteiger partial charge in [-0.2, -0.15) is 0 Å². The van der Waals surface area contributed by atoms with Crippen molar-refractivity contribution in [2.45, 2.75) is 30.5 Å². The number of halogens is 1. The molecule has 20 heavy (non-hydrogen) atoms. The van der Waals surface area contributed by atoms with Gasteiger partial charge in [0.15, 0.2) is 0 Å². The highest BCUT2D eigenvalue weighted by atomic mass is 79.9. The third-order valence-corrected chi connectivity index (χ3v) is 7.16. The summed E-state index contributed by atoms with van der Waals surface area (Å²) in [5.41, 5.74) is 2.86. The molecule has 3 fully saturated rings. The molecule has 2 bridgehead atoms. The summed E-state index contributed by atoms with van der Waals surface area (Å²) >= 11 is 4.00. The van der Waals surface area contributed by atoms with Crippen LogP contribution in [0.15, 0.2) is 24.3 Å². The van der Waals surface area contributed by atoms with E-state index in [4.69, 9.17) is 4.74 Å². The molecule has 0 N–H and O–H groups in total. The molecular weight excluding hydrogens is 312 g/mol. The van der Waals surface area contributed by atoms with Gasteiger partial charge in [0.25, 0.3) is 0 Å². The zero-order valence-corrected chi connectivity index (χ0v) is 13.7. The monoisotopic (exact) mass is 334 g/mol. The highest BCUT2D eigenvalue weighted by Crippen LogP contribution is 2.73. The third-order valence-electron chi connectivity index (χ3n) is 6.03. The number of methoxy groups -OCH3 is 1. The molecular formula is C18H23BrO. The number of rotatable bonds is 5. The molecule has 0 aliphatic heterocycles. The summed E-state index contributed by atoms with van der Waals surface area (Å²) in [5, 5.41) is 0. The molecule has 0 spiro atoms. The molecule has 4 rings (SSSR count). The Morgan fingerprint density at radius 3 is 2.40 bits per heavy atom. The first-order chi connectivity index (χ1) is 9.79. The van der Waals surface area contributed by atoms with Crippen LogP contribution in [0.4, 0.5) is 0 Å². The Morgan fingerprint density at radius 1 is 1.15 bits per heavy atom. The van der Waals surface area contributed by atoms with Crippen molar-refractivity contribution >= 4 is 15.9 Å². The van der Waals surface area contributed by atoms with Gasteiger partial charge in [-0.05, 0) is 66.4 Å². The minimum absolute atomic E-state index is 0.581.